The molecule has 0 atom stereocenters. The largest absolute Gasteiger partial charge is 0.373 e. The van der Waals surface area contributed by atoms with E-state index >= 15 is 0 Å². The molecule has 0 bridgehead atoms. The van der Waals surface area contributed by atoms with Crippen LogP contribution in [-0.4, -0.2) is 17.0 Å². The van der Waals surface area contributed by atoms with Crippen LogP contribution in [0.1, 0.15) is 43.6 Å². The summed E-state index contributed by atoms with van der Waals surface area (Å²) in [6.07, 6.45) is 1.04. The monoisotopic (exact) mass is 284 g/mol. The molecule has 2 aromatic rings. The predicted molar refractivity (Wildman–Crippen MR) is 88.8 cm³/mol. The minimum absolute atomic E-state index is 0.307. The molecular formula is C17H24N4. The van der Waals surface area contributed by atoms with Crippen LogP contribution in [0, 0.1) is 0 Å². The van der Waals surface area contributed by atoms with Crippen molar-refractivity contribution in [2.75, 3.05) is 17.7 Å². The number of anilines is 2. The highest BCUT2D eigenvalue weighted by atomic mass is 15.1. The second kappa shape index (κ2) is 7.07. The standard InChI is InChI=1S/C17H24N4/c1-5-13-8-6-7-9-14(13)11-19-16-10-15(18-4)20-17(21-16)12(2)3/h6-10,12H,5,11H2,1-4H3,(H2,18,19,20,21). The molecule has 1 aromatic heterocycles. The van der Waals surface area contributed by atoms with Crippen LogP contribution >= 0.6 is 0 Å². The lowest BCUT2D eigenvalue weighted by Crippen LogP contribution is -2.08. The molecule has 0 radical (unpaired) electrons. The summed E-state index contributed by atoms with van der Waals surface area (Å²) in [6.45, 7) is 7.16. The Morgan fingerprint density at radius 2 is 1.71 bits per heavy atom. The van der Waals surface area contributed by atoms with Gasteiger partial charge in [0.05, 0.1) is 0 Å². The molecule has 0 amide bonds. The van der Waals surface area contributed by atoms with Gasteiger partial charge in [0.25, 0.3) is 0 Å². The first-order valence-electron chi connectivity index (χ1n) is 7.51. The van der Waals surface area contributed by atoms with E-state index < -0.39 is 0 Å². The van der Waals surface area contributed by atoms with Crippen molar-refractivity contribution in [3.05, 3.63) is 47.3 Å². The highest BCUT2D eigenvalue weighted by molar-refractivity contribution is 5.48. The first-order chi connectivity index (χ1) is 10.1. The average Bonchev–Trinajstić information content (AvgIpc) is 2.52. The fraction of sp³-hybridized carbons (Fsp3) is 0.412. The van der Waals surface area contributed by atoms with E-state index in [1.807, 2.05) is 13.1 Å². The van der Waals surface area contributed by atoms with Gasteiger partial charge in [0.1, 0.15) is 17.5 Å². The Morgan fingerprint density at radius 3 is 2.33 bits per heavy atom. The Labute approximate surface area is 127 Å². The molecule has 0 fully saturated rings. The minimum atomic E-state index is 0.307. The van der Waals surface area contributed by atoms with Crippen molar-refractivity contribution < 1.29 is 0 Å². The predicted octanol–water partition coefficient (Wildman–Crippen LogP) is 3.82. The van der Waals surface area contributed by atoms with Crippen LogP contribution in [0.5, 0.6) is 0 Å². The zero-order chi connectivity index (χ0) is 15.2. The minimum Gasteiger partial charge on any atom is -0.373 e. The van der Waals surface area contributed by atoms with Gasteiger partial charge in [-0.15, -0.1) is 0 Å². The van der Waals surface area contributed by atoms with Gasteiger partial charge in [0, 0.05) is 25.6 Å². The normalized spacial score (nSPS) is 10.7. The molecule has 0 unspecified atom stereocenters. The summed E-state index contributed by atoms with van der Waals surface area (Å²) in [4.78, 5) is 9.07. The number of nitrogens with one attached hydrogen (secondary N) is 2. The maximum absolute atomic E-state index is 4.59. The van der Waals surface area contributed by atoms with E-state index in [1.54, 1.807) is 0 Å². The van der Waals surface area contributed by atoms with Crippen LogP contribution in [-0.2, 0) is 13.0 Å². The number of hydrogen-bond donors (Lipinski definition) is 2. The third-order valence-electron chi connectivity index (χ3n) is 3.48. The lowest BCUT2D eigenvalue weighted by Gasteiger charge is -2.13. The molecule has 2 rings (SSSR count). The zero-order valence-corrected chi connectivity index (χ0v) is 13.3. The fourth-order valence-electron chi connectivity index (χ4n) is 2.20. The van der Waals surface area contributed by atoms with Crippen LogP contribution in [0.2, 0.25) is 0 Å². The van der Waals surface area contributed by atoms with Gasteiger partial charge in [0.15, 0.2) is 0 Å². The Morgan fingerprint density at radius 1 is 1.05 bits per heavy atom. The van der Waals surface area contributed by atoms with Crippen molar-refractivity contribution in [3.63, 3.8) is 0 Å². The molecule has 0 aliphatic rings. The zero-order valence-electron chi connectivity index (χ0n) is 13.3. The Kier molecular flexibility index (Phi) is 5.14. The summed E-state index contributed by atoms with van der Waals surface area (Å²) in [6, 6.07) is 10.4. The number of aryl methyl sites for hydroxylation is 1. The lowest BCUT2D eigenvalue weighted by molar-refractivity contribution is 0.776. The molecule has 2 N–H and O–H groups in total. The molecule has 1 heterocycles. The summed E-state index contributed by atoms with van der Waals surface area (Å²) in [5.74, 6) is 2.87. The van der Waals surface area contributed by atoms with Crippen LogP contribution in [0.25, 0.3) is 0 Å². The van der Waals surface area contributed by atoms with E-state index in [0.29, 0.717) is 5.92 Å². The molecule has 1 aromatic carbocycles. The number of hydrogen-bond acceptors (Lipinski definition) is 4. The molecule has 21 heavy (non-hydrogen) atoms. The molecular weight excluding hydrogens is 260 g/mol. The second-order valence-corrected chi connectivity index (χ2v) is 5.38. The molecule has 0 aliphatic heterocycles. The van der Waals surface area contributed by atoms with Gasteiger partial charge in [0.2, 0.25) is 0 Å². The van der Waals surface area contributed by atoms with Crippen molar-refractivity contribution in [3.8, 4) is 0 Å². The smallest absolute Gasteiger partial charge is 0.135 e. The van der Waals surface area contributed by atoms with Gasteiger partial charge < -0.3 is 10.6 Å². The van der Waals surface area contributed by atoms with E-state index in [1.165, 1.54) is 11.1 Å². The van der Waals surface area contributed by atoms with Crippen LogP contribution in [0.3, 0.4) is 0 Å². The van der Waals surface area contributed by atoms with Gasteiger partial charge in [-0.05, 0) is 17.5 Å². The highest BCUT2D eigenvalue weighted by Gasteiger charge is 2.08. The summed E-state index contributed by atoms with van der Waals surface area (Å²) in [5, 5.41) is 6.51. The first-order valence-corrected chi connectivity index (χ1v) is 7.51. The van der Waals surface area contributed by atoms with Crippen molar-refractivity contribution in [2.24, 2.45) is 0 Å². The lowest BCUT2D eigenvalue weighted by atomic mass is 10.1. The molecule has 0 saturated heterocycles. The maximum Gasteiger partial charge on any atom is 0.135 e. The fourth-order valence-corrected chi connectivity index (χ4v) is 2.20. The second-order valence-electron chi connectivity index (χ2n) is 5.38. The molecule has 4 nitrogen and oxygen atoms in total. The number of benzene rings is 1. The summed E-state index contributed by atoms with van der Waals surface area (Å²) < 4.78 is 0. The van der Waals surface area contributed by atoms with Crippen molar-refractivity contribution in [1.82, 2.24) is 9.97 Å². The first kappa shape index (κ1) is 15.3. The number of aromatic nitrogens is 2. The van der Waals surface area contributed by atoms with Crippen LogP contribution in [0.4, 0.5) is 11.6 Å². The number of nitrogens with zero attached hydrogens (tertiary/aromatic N) is 2. The Hall–Kier alpha value is -2.10. The van der Waals surface area contributed by atoms with Crippen LogP contribution in [0.15, 0.2) is 30.3 Å². The van der Waals surface area contributed by atoms with Crippen molar-refractivity contribution >= 4 is 11.6 Å². The van der Waals surface area contributed by atoms with E-state index in [0.717, 1.165) is 30.4 Å². The van der Waals surface area contributed by atoms with Gasteiger partial charge in [-0.25, -0.2) is 9.97 Å². The van der Waals surface area contributed by atoms with Gasteiger partial charge in [-0.2, -0.15) is 0 Å². The third-order valence-corrected chi connectivity index (χ3v) is 3.48. The van der Waals surface area contributed by atoms with Gasteiger partial charge in [-0.1, -0.05) is 45.0 Å². The number of rotatable bonds is 6. The van der Waals surface area contributed by atoms with E-state index in [2.05, 4.69) is 65.6 Å². The topological polar surface area (TPSA) is 49.8 Å². The molecule has 0 aliphatic carbocycles. The quantitative estimate of drug-likeness (QED) is 0.846. The third kappa shape index (κ3) is 3.94. The van der Waals surface area contributed by atoms with Gasteiger partial charge >= 0.3 is 0 Å². The van der Waals surface area contributed by atoms with E-state index in [-0.39, 0.29) is 0 Å². The summed E-state index contributed by atoms with van der Waals surface area (Å²) in [7, 11) is 1.88. The molecule has 4 heteroatoms. The van der Waals surface area contributed by atoms with E-state index in [4.69, 9.17) is 0 Å². The summed E-state index contributed by atoms with van der Waals surface area (Å²) >= 11 is 0. The van der Waals surface area contributed by atoms with Crippen molar-refractivity contribution in [2.45, 2.75) is 39.7 Å². The van der Waals surface area contributed by atoms with E-state index in [9.17, 15) is 0 Å². The molecule has 112 valence electrons. The van der Waals surface area contributed by atoms with Gasteiger partial charge in [-0.3, -0.25) is 0 Å². The maximum atomic E-state index is 4.59. The van der Waals surface area contributed by atoms with Crippen LogP contribution < -0.4 is 10.6 Å². The SMILES string of the molecule is CCc1ccccc1CNc1cc(NC)nc(C(C)C)n1. The summed E-state index contributed by atoms with van der Waals surface area (Å²) in [5.41, 5.74) is 2.69. The molecule has 0 spiro atoms. The van der Waals surface area contributed by atoms with Crippen molar-refractivity contribution in [1.29, 1.82) is 0 Å². The Bertz CT molecular complexity index is 593. The molecule has 0 saturated carbocycles. The Balaban J connectivity index is 2.17. The highest BCUT2D eigenvalue weighted by Crippen LogP contribution is 2.18. The average molecular weight is 284 g/mol.